The van der Waals surface area contributed by atoms with Crippen LogP contribution in [0.15, 0.2) is 29.2 Å². The molecule has 1 aromatic carbocycles. The zero-order valence-electron chi connectivity index (χ0n) is 17.8. The summed E-state index contributed by atoms with van der Waals surface area (Å²) in [6.07, 6.45) is 3.30. The van der Waals surface area contributed by atoms with E-state index < -0.39 is 0 Å². The van der Waals surface area contributed by atoms with Crippen molar-refractivity contribution < 1.29 is 19.0 Å². The van der Waals surface area contributed by atoms with E-state index in [1.165, 1.54) is 6.92 Å². The largest absolute Gasteiger partial charge is 0.493 e. The average Bonchev–Trinajstić information content (AvgIpc) is 2.69. The van der Waals surface area contributed by atoms with Crippen LogP contribution in [0.1, 0.15) is 49.2 Å². The lowest BCUT2D eigenvalue weighted by Crippen LogP contribution is -2.27. The molecule has 1 aromatic heterocycles. The fourth-order valence-electron chi connectivity index (χ4n) is 3.85. The molecular weight excluding hydrogens is 370 g/mol. The van der Waals surface area contributed by atoms with Crippen molar-refractivity contribution in [1.29, 1.82) is 0 Å². The van der Waals surface area contributed by atoms with E-state index in [1.807, 2.05) is 12.1 Å². The predicted molar refractivity (Wildman–Crippen MR) is 112 cm³/mol. The Hall–Kier alpha value is -2.60. The van der Waals surface area contributed by atoms with Crippen molar-refractivity contribution in [3.8, 4) is 22.8 Å². The highest BCUT2D eigenvalue weighted by Gasteiger charge is 2.29. The molecule has 0 amide bonds. The molecule has 1 aliphatic heterocycles. The topological polar surface area (TPSA) is 66.8 Å². The second-order valence-corrected chi connectivity index (χ2v) is 7.77. The van der Waals surface area contributed by atoms with E-state index in [2.05, 4.69) is 18.4 Å². The van der Waals surface area contributed by atoms with Crippen molar-refractivity contribution in [3.05, 3.63) is 45.7 Å². The highest BCUT2D eigenvalue weighted by Crippen LogP contribution is 2.42. The highest BCUT2D eigenvalue weighted by atomic mass is 16.5. The van der Waals surface area contributed by atoms with Crippen LogP contribution in [0.2, 0.25) is 0 Å². The first kappa shape index (κ1) is 21.1. The number of benzene rings is 1. The third-order valence-corrected chi connectivity index (χ3v) is 5.43. The number of carbonyl (C=O) groups is 1. The smallest absolute Gasteiger partial charge is 0.192 e. The summed E-state index contributed by atoms with van der Waals surface area (Å²) < 4.78 is 18.6. The summed E-state index contributed by atoms with van der Waals surface area (Å²) in [5, 5.41) is 0. The minimum Gasteiger partial charge on any atom is -0.493 e. The molecule has 0 bridgehead atoms. The lowest BCUT2D eigenvalue weighted by Gasteiger charge is -2.34. The van der Waals surface area contributed by atoms with Gasteiger partial charge in [-0.05, 0) is 37.0 Å². The van der Waals surface area contributed by atoms with Gasteiger partial charge in [0.2, 0.25) is 0 Å². The third kappa shape index (κ3) is 4.22. The molecule has 0 saturated carbocycles. The Morgan fingerprint density at radius 2 is 1.93 bits per heavy atom. The van der Waals surface area contributed by atoms with Gasteiger partial charge < -0.3 is 18.8 Å². The van der Waals surface area contributed by atoms with E-state index in [0.717, 1.165) is 29.7 Å². The Labute approximate surface area is 171 Å². The van der Waals surface area contributed by atoms with Gasteiger partial charge in [-0.2, -0.15) is 0 Å². The van der Waals surface area contributed by atoms with Crippen molar-refractivity contribution >= 4 is 5.78 Å². The molecule has 1 aliphatic rings. The second-order valence-electron chi connectivity index (χ2n) is 7.77. The van der Waals surface area contributed by atoms with Crippen molar-refractivity contribution in [2.24, 2.45) is 5.92 Å². The molecule has 6 nitrogen and oxygen atoms in total. The Bertz CT molecular complexity index is 960. The molecular formula is C23H29NO5. The normalized spacial score (nSPS) is 15.0. The number of fused-ring (bicyclic) bond motifs is 3. The summed E-state index contributed by atoms with van der Waals surface area (Å²) >= 11 is 0. The van der Waals surface area contributed by atoms with Gasteiger partial charge in [0.1, 0.15) is 0 Å². The van der Waals surface area contributed by atoms with Crippen LogP contribution in [-0.4, -0.2) is 37.8 Å². The number of ketones is 1. The molecule has 6 heteroatoms. The number of methoxy groups -OCH3 is 2. The number of Topliss-reactive ketones (excluding diaryl/α,β-unsaturated/α-hetero) is 1. The molecule has 0 unspecified atom stereocenters. The minimum atomic E-state index is -0.252. The monoisotopic (exact) mass is 399 g/mol. The Morgan fingerprint density at radius 1 is 1.17 bits per heavy atom. The van der Waals surface area contributed by atoms with Gasteiger partial charge in [-0.25, -0.2) is 0 Å². The van der Waals surface area contributed by atoms with E-state index in [1.54, 1.807) is 26.5 Å². The maximum atomic E-state index is 12.5. The first-order chi connectivity index (χ1) is 13.9. The first-order valence-electron chi connectivity index (χ1n) is 9.97. The Kier molecular flexibility index (Phi) is 6.42. The Balaban J connectivity index is 2.10. The third-order valence-electron chi connectivity index (χ3n) is 5.43. The van der Waals surface area contributed by atoms with Gasteiger partial charge in [-0.3, -0.25) is 9.59 Å². The lowest BCUT2D eigenvalue weighted by atomic mass is 9.87. The second kappa shape index (κ2) is 8.82. The van der Waals surface area contributed by atoms with Crippen LogP contribution < -0.4 is 14.9 Å². The molecule has 29 heavy (non-hydrogen) atoms. The van der Waals surface area contributed by atoms with Gasteiger partial charge in [0.05, 0.1) is 25.0 Å². The molecule has 0 aliphatic carbocycles. The molecule has 1 atom stereocenters. The van der Waals surface area contributed by atoms with Crippen LogP contribution in [0.5, 0.6) is 11.5 Å². The molecule has 0 fully saturated rings. The SMILES string of the molecule is COCCCOc1cc2c(cc1OC)-c1cc(=O)c(C(C)=O)cn1[C@@H](C(C)C)C2. The van der Waals surface area contributed by atoms with E-state index >= 15 is 0 Å². The van der Waals surface area contributed by atoms with Gasteiger partial charge >= 0.3 is 0 Å². The highest BCUT2D eigenvalue weighted by molar-refractivity contribution is 5.94. The molecule has 2 aromatic rings. The Morgan fingerprint density at radius 3 is 2.55 bits per heavy atom. The summed E-state index contributed by atoms with van der Waals surface area (Å²) in [6.45, 7) is 6.90. The standard InChI is InChI=1S/C23H29NO5/c1-14(2)19-9-16-10-23(29-8-6-7-27-4)22(28-5)11-17(16)20-12-21(26)18(15(3)25)13-24(19)20/h10-14,19H,6-9H2,1-5H3/t19-/m1/s1. The molecule has 3 rings (SSSR count). The number of carbonyl (C=O) groups excluding carboxylic acids is 1. The average molecular weight is 399 g/mol. The molecule has 156 valence electrons. The minimum absolute atomic E-state index is 0.144. The van der Waals surface area contributed by atoms with Crippen molar-refractivity contribution in [1.82, 2.24) is 4.57 Å². The number of hydrogen-bond donors (Lipinski definition) is 0. The van der Waals surface area contributed by atoms with Crippen LogP contribution in [0.3, 0.4) is 0 Å². The fraction of sp³-hybridized carbons (Fsp3) is 0.478. The van der Waals surface area contributed by atoms with Crippen LogP contribution in [-0.2, 0) is 11.2 Å². The number of nitrogens with zero attached hydrogens (tertiary/aromatic N) is 1. The zero-order chi connectivity index (χ0) is 21.1. The lowest BCUT2D eigenvalue weighted by molar-refractivity contribution is 0.101. The van der Waals surface area contributed by atoms with Crippen LogP contribution in [0.25, 0.3) is 11.3 Å². The number of pyridine rings is 1. The van der Waals surface area contributed by atoms with E-state index in [9.17, 15) is 9.59 Å². The number of hydrogen-bond acceptors (Lipinski definition) is 5. The first-order valence-corrected chi connectivity index (χ1v) is 9.97. The number of aromatic nitrogens is 1. The molecule has 0 spiro atoms. The van der Waals surface area contributed by atoms with Gasteiger partial charge in [-0.15, -0.1) is 0 Å². The zero-order valence-corrected chi connectivity index (χ0v) is 17.8. The van der Waals surface area contributed by atoms with Gasteiger partial charge in [0.15, 0.2) is 22.7 Å². The number of rotatable bonds is 8. The van der Waals surface area contributed by atoms with Gasteiger partial charge in [0, 0.05) is 44.0 Å². The predicted octanol–water partition coefficient (Wildman–Crippen LogP) is 3.90. The maximum absolute atomic E-state index is 12.5. The van der Waals surface area contributed by atoms with Crippen LogP contribution >= 0.6 is 0 Å². The van der Waals surface area contributed by atoms with E-state index in [-0.39, 0.29) is 22.8 Å². The van der Waals surface area contributed by atoms with Crippen LogP contribution in [0, 0.1) is 5.92 Å². The summed E-state index contributed by atoms with van der Waals surface area (Å²) in [5.41, 5.74) is 2.84. The van der Waals surface area contributed by atoms with Gasteiger partial charge in [0.25, 0.3) is 0 Å². The summed E-state index contributed by atoms with van der Waals surface area (Å²) in [4.78, 5) is 24.4. The summed E-state index contributed by atoms with van der Waals surface area (Å²) in [5.74, 6) is 1.44. The van der Waals surface area contributed by atoms with Crippen molar-refractivity contribution in [2.45, 2.75) is 39.7 Å². The molecule has 2 heterocycles. The maximum Gasteiger partial charge on any atom is 0.192 e. The van der Waals surface area contributed by atoms with E-state index in [0.29, 0.717) is 30.6 Å². The van der Waals surface area contributed by atoms with Gasteiger partial charge in [-0.1, -0.05) is 13.8 Å². The quantitative estimate of drug-likeness (QED) is 0.498. The molecule has 0 radical (unpaired) electrons. The van der Waals surface area contributed by atoms with Crippen molar-refractivity contribution in [2.75, 3.05) is 27.4 Å². The number of ether oxygens (including phenoxy) is 3. The molecule has 0 saturated heterocycles. The van der Waals surface area contributed by atoms with Crippen LogP contribution in [0.4, 0.5) is 0 Å². The fourth-order valence-corrected chi connectivity index (χ4v) is 3.85. The molecule has 0 N–H and O–H groups in total. The summed E-state index contributed by atoms with van der Waals surface area (Å²) in [7, 11) is 3.28. The van der Waals surface area contributed by atoms with Crippen molar-refractivity contribution in [3.63, 3.8) is 0 Å². The summed E-state index contributed by atoms with van der Waals surface area (Å²) in [6, 6.07) is 5.66. The van der Waals surface area contributed by atoms with E-state index in [4.69, 9.17) is 14.2 Å².